The summed E-state index contributed by atoms with van der Waals surface area (Å²) >= 11 is 0. The number of fused-ring (bicyclic) bond motifs is 2. The Bertz CT molecular complexity index is 1460. The zero-order valence-corrected chi connectivity index (χ0v) is 21.9. The van der Waals surface area contributed by atoms with Gasteiger partial charge in [0.25, 0.3) is 0 Å². The number of hydrogen-bond acceptors (Lipinski definition) is 5. The second-order valence-corrected chi connectivity index (χ2v) is 12.9. The summed E-state index contributed by atoms with van der Waals surface area (Å²) < 4.78 is 24.9. The largest absolute Gasteiger partial charge is 0.353 e. The summed E-state index contributed by atoms with van der Waals surface area (Å²) in [7, 11) is -0.843. The number of nitrogens with one attached hydrogen (secondary N) is 1. The van der Waals surface area contributed by atoms with E-state index in [4.69, 9.17) is 4.98 Å². The van der Waals surface area contributed by atoms with Crippen LogP contribution in [0.5, 0.6) is 0 Å². The summed E-state index contributed by atoms with van der Waals surface area (Å²) in [5.74, 6) is 1.72. The van der Waals surface area contributed by atoms with Gasteiger partial charge in [-0.05, 0) is 62.5 Å². The first-order valence-electron chi connectivity index (χ1n) is 12.7. The van der Waals surface area contributed by atoms with E-state index in [2.05, 4.69) is 51.7 Å². The van der Waals surface area contributed by atoms with E-state index in [1.54, 1.807) is 6.33 Å². The topological polar surface area (TPSA) is 93.5 Å². The molecular formula is C27H35N5O2S. The number of aromatic nitrogens is 5. The first kappa shape index (κ1) is 24.0. The van der Waals surface area contributed by atoms with Crippen molar-refractivity contribution < 1.29 is 8.42 Å². The number of H-pyrrole nitrogens is 1. The monoisotopic (exact) mass is 493 g/mol. The number of hydrogen-bond donors (Lipinski definition) is 1. The highest BCUT2D eigenvalue weighted by Crippen LogP contribution is 2.41. The van der Waals surface area contributed by atoms with Crippen molar-refractivity contribution in [3.8, 4) is 11.3 Å². The third-order valence-corrected chi connectivity index (χ3v) is 8.61. The lowest BCUT2D eigenvalue weighted by Gasteiger charge is -2.28. The molecule has 1 saturated carbocycles. The minimum atomic E-state index is -2.86. The van der Waals surface area contributed by atoms with Crippen LogP contribution in [0, 0.1) is 5.92 Å². The molecule has 8 heteroatoms. The van der Waals surface area contributed by atoms with Crippen LogP contribution >= 0.6 is 0 Å². The Morgan fingerprint density at radius 1 is 1.17 bits per heavy atom. The Hall–Kier alpha value is -2.74. The highest BCUT2D eigenvalue weighted by atomic mass is 32.2. The zero-order chi connectivity index (χ0) is 24.7. The summed E-state index contributed by atoms with van der Waals surface area (Å²) in [5, 5.41) is 1.04. The van der Waals surface area contributed by atoms with Crippen molar-refractivity contribution in [2.45, 2.75) is 64.2 Å². The molecular weight excluding hydrogens is 458 g/mol. The van der Waals surface area contributed by atoms with Gasteiger partial charge in [0.15, 0.2) is 0 Å². The van der Waals surface area contributed by atoms with Gasteiger partial charge in [0.2, 0.25) is 0 Å². The molecule has 186 valence electrons. The van der Waals surface area contributed by atoms with E-state index in [9.17, 15) is 8.42 Å². The Balaban J connectivity index is 1.41. The van der Waals surface area contributed by atoms with Crippen molar-refractivity contribution >= 4 is 31.9 Å². The smallest absolute Gasteiger partial charge is 0.147 e. The van der Waals surface area contributed by atoms with E-state index in [-0.39, 0.29) is 0 Å². The average molecular weight is 494 g/mol. The van der Waals surface area contributed by atoms with Gasteiger partial charge in [0.05, 0.1) is 16.7 Å². The maximum Gasteiger partial charge on any atom is 0.147 e. The molecule has 0 unspecified atom stereocenters. The van der Waals surface area contributed by atoms with Crippen LogP contribution in [0.15, 0.2) is 30.9 Å². The molecule has 4 aromatic heterocycles. The molecule has 1 aliphatic rings. The van der Waals surface area contributed by atoms with Crippen LogP contribution in [0.1, 0.15) is 75.5 Å². The first-order chi connectivity index (χ1) is 16.7. The molecule has 0 saturated heterocycles. The van der Waals surface area contributed by atoms with Crippen LogP contribution in [0.25, 0.3) is 33.3 Å². The third kappa shape index (κ3) is 4.85. The van der Waals surface area contributed by atoms with Gasteiger partial charge >= 0.3 is 0 Å². The number of rotatable bonds is 7. The Morgan fingerprint density at radius 2 is 1.94 bits per heavy atom. The molecule has 7 nitrogen and oxygen atoms in total. The van der Waals surface area contributed by atoms with Gasteiger partial charge in [0, 0.05) is 59.6 Å². The fraction of sp³-hybridized carbons (Fsp3) is 0.519. The Kier molecular flexibility index (Phi) is 6.42. The molecule has 1 aliphatic carbocycles. The quantitative estimate of drug-likeness (QED) is 0.355. The van der Waals surface area contributed by atoms with Gasteiger partial charge in [-0.2, -0.15) is 0 Å². The van der Waals surface area contributed by atoms with Crippen LogP contribution in [0.3, 0.4) is 0 Å². The summed E-state index contributed by atoms with van der Waals surface area (Å²) in [5.41, 5.74) is 7.70. The molecule has 1 N–H and O–H groups in total. The molecule has 4 heterocycles. The van der Waals surface area contributed by atoms with Crippen LogP contribution in [-0.2, 0) is 16.9 Å². The summed E-state index contributed by atoms with van der Waals surface area (Å²) in [6.07, 6.45) is 13.3. The van der Waals surface area contributed by atoms with Gasteiger partial charge in [-0.15, -0.1) is 0 Å². The summed E-state index contributed by atoms with van der Waals surface area (Å²) in [4.78, 5) is 17.6. The van der Waals surface area contributed by atoms with Crippen molar-refractivity contribution in [1.82, 2.24) is 24.5 Å². The maximum absolute atomic E-state index is 11.4. The molecule has 1 fully saturated rings. The van der Waals surface area contributed by atoms with E-state index >= 15 is 0 Å². The zero-order valence-electron chi connectivity index (χ0n) is 21.1. The maximum atomic E-state index is 11.4. The normalized spacial score (nSPS) is 19.2. The van der Waals surface area contributed by atoms with Gasteiger partial charge in [-0.3, -0.25) is 4.98 Å². The molecule has 5 rings (SSSR count). The fourth-order valence-electron chi connectivity index (χ4n) is 5.80. The van der Waals surface area contributed by atoms with Crippen LogP contribution in [0.2, 0.25) is 0 Å². The van der Waals surface area contributed by atoms with E-state index in [0.717, 1.165) is 71.8 Å². The van der Waals surface area contributed by atoms with Crippen molar-refractivity contribution in [1.29, 1.82) is 0 Å². The summed E-state index contributed by atoms with van der Waals surface area (Å²) in [6, 6.07) is 4.38. The van der Waals surface area contributed by atoms with Crippen molar-refractivity contribution in [2.24, 2.45) is 13.0 Å². The van der Waals surface area contributed by atoms with Gasteiger partial charge in [-0.25, -0.2) is 18.4 Å². The lowest BCUT2D eigenvalue weighted by atomic mass is 9.78. The predicted octanol–water partition coefficient (Wildman–Crippen LogP) is 5.73. The van der Waals surface area contributed by atoms with Gasteiger partial charge in [0.1, 0.15) is 21.8 Å². The molecule has 0 amide bonds. The minimum absolute atomic E-state index is 0.307. The van der Waals surface area contributed by atoms with Crippen molar-refractivity contribution in [2.75, 3.05) is 12.0 Å². The van der Waals surface area contributed by atoms with E-state index in [1.165, 1.54) is 17.5 Å². The number of sulfone groups is 1. The van der Waals surface area contributed by atoms with Crippen LogP contribution in [-0.4, -0.2) is 44.9 Å². The van der Waals surface area contributed by atoms with Gasteiger partial charge < -0.3 is 9.55 Å². The second kappa shape index (κ2) is 9.37. The van der Waals surface area contributed by atoms with E-state index < -0.39 is 9.84 Å². The van der Waals surface area contributed by atoms with Crippen molar-refractivity contribution in [3.05, 3.63) is 42.1 Å². The number of aryl methyl sites for hydroxylation is 1. The highest BCUT2D eigenvalue weighted by Gasteiger charge is 2.26. The lowest BCUT2D eigenvalue weighted by Crippen LogP contribution is -2.15. The molecule has 0 aromatic carbocycles. The standard InChI is InChI=1S/C27H35N5O2S/c1-17(2)24-25(21-15-32(3)27-20(21)14-28-16-29-27)31-23-12-11-22(30-26(23)24)19-9-7-18(8-10-19)6-5-13-35(4,33)34/h11-12,14-19,31H,5-10,13H2,1-4H3. The number of aromatic amines is 1. The minimum Gasteiger partial charge on any atom is -0.353 e. The average Bonchev–Trinajstić information content (AvgIpc) is 3.36. The molecule has 35 heavy (non-hydrogen) atoms. The predicted molar refractivity (Wildman–Crippen MR) is 141 cm³/mol. The van der Waals surface area contributed by atoms with E-state index in [1.807, 2.05) is 13.2 Å². The highest BCUT2D eigenvalue weighted by molar-refractivity contribution is 7.90. The summed E-state index contributed by atoms with van der Waals surface area (Å²) in [6.45, 7) is 4.45. The van der Waals surface area contributed by atoms with Crippen molar-refractivity contribution in [3.63, 3.8) is 0 Å². The molecule has 4 aromatic rings. The number of nitrogens with zero attached hydrogens (tertiary/aromatic N) is 4. The van der Waals surface area contributed by atoms with Crippen LogP contribution in [0.4, 0.5) is 0 Å². The molecule has 0 atom stereocenters. The molecule has 0 radical (unpaired) electrons. The van der Waals surface area contributed by atoms with Crippen LogP contribution < -0.4 is 0 Å². The number of pyridine rings is 1. The van der Waals surface area contributed by atoms with E-state index in [0.29, 0.717) is 23.5 Å². The first-order valence-corrected chi connectivity index (χ1v) is 14.7. The third-order valence-electron chi connectivity index (χ3n) is 7.58. The SMILES string of the molecule is CC(C)c1c(-c2cn(C)c3ncncc23)[nH]c2ccc(C3CCC(CCCS(C)(=O)=O)CC3)nc12. The molecule has 0 spiro atoms. The Morgan fingerprint density at radius 3 is 2.66 bits per heavy atom. The molecule has 0 aliphatic heterocycles. The second-order valence-electron chi connectivity index (χ2n) is 10.6. The van der Waals surface area contributed by atoms with Gasteiger partial charge in [-0.1, -0.05) is 13.8 Å². The fourth-order valence-corrected chi connectivity index (χ4v) is 6.49. The Labute approximate surface area is 207 Å². The lowest BCUT2D eigenvalue weighted by molar-refractivity contribution is 0.306. The molecule has 0 bridgehead atoms.